The molecule has 0 bridgehead atoms. The minimum Gasteiger partial charge on any atom is -0.211 e. The van der Waals surface area contributed by atoms with E-state index in [1.54, 1.807) is 12.2 Å². The Morgan fingerprint density at radius 2 is 2.22 bits per heavy atom. The molecule has 0 fully saturated rings. The van der Waals surface area contributed by atoms with Crippen molar-refractivity contribution in [1.29, 1.82) is 0 Å². The fourth-order valence-electron chi connectivity index (χ4n) is 0.422. The first-order valence-corrected chi connectivity index (χ1v) is 2.72. The highest BCUT2D eigenvalue weighted by atomic mass is 16.1. The number of hydrogen-bond acceptors (Lipinski definition) is 2. The fraction of sp³-hybridized carbons (Fsp3) is 0.286. The molecule has 2 nitrogen and oxygen atoms in total. The summed E-state index contributed by atoms with van der Waals surface area (Å²) in [7, 11) is 0. The van der Waals surface area contributed by atoms with Crippen LogP contribution in [0.15, 0.2) is 28.9 Å². The van der Waals surface area contributed by atoms with E-state index in [2.05, 4.69) is 4.99 Å². The van der Waals surface area contributed by atoms with Crippen LogP contribution in [0.5, 0.6) is 0 Å². The molecule has 0 atom stereocenters. The zero-order valence-corrected chi connectivity index (χ0v) is 5.59. The highest BCUT2D eigenvalue weighted by Gasteiger charge is 1.79. The van der Waals surface area contributed by atoms with E-state index in [9.17, 15) is 4.79 Å². The molecule has 0 amide bonds. The van der Waals surface area contributed by atoms with Gasteiger partial charge in [0.25, 0.3) is 0 Å². The van der Waals surface area contributed by atoms with Crippen LogP contribution in [-0.2, 0) is 4.79 Å². The molecule has 0 unspecified atom stereocenters. The maximum absolute atomic E-state index is 9.68. The first-order valence-electron chi connectivity index (χ1n) is 2.72. The minimum atomic E-state index is 0.646. The fourth-order valence-corrected chi connectivity index (χ4v) is 0.422. The molecule has 0 aromatic rings. The zero-order chi connectivity index (χ0) is 7.11. The first-order chi connectivity index (χ1) is 4.35. The summed E-state index contributed by atoms with van der Waals surface area (Å²) in [5.41, 5.74) is 0.646. The molecular weight excluding hydrogens is 114 g/mol. The maximum atomic E-state index is 9.68. The van der Waals surface area contributed by atoms with Gasteiger partial charge in [-0.15, -0.1) is 0 Å². The summed E-state index contributed by atoms with van der Waals surface area (Å²) in [6.07, 6.45) is 6.76. The number of carbonyl (C=O) groups excluding carboxylic acids is 1. The van der Waals surface area contributed by atoms with Crippen molar-refractivity contribution >= 4 is 6.08 Å². The molecule has 0 saturated heterocycles. The third-order valence-electron chi connectivity index (χ3n) is 0.808. The highest BCUT2D eigenvalue weighted by Crippen LogP contribution is 1.95. The summed E-state index contributed by atoms with van der Waals surface area (Å²) in [6, 6.07) is 0. The molecule has 0 aliphatic carbocycles. The van der Waals surface area contributed by atoms with Gasteiger partial charge in [0.05, 0.1) is 5.70 Å². The number of nitrogens with zero attached hydrogens (tertiary/aromatic N) is 1. The summed E-state index contributed by atoms with van der Waals surface area (Å²) in [4.78, 5) is 13.1. The Morgan fingerprint density at radius 1 is 1.56 bits per heavy atom. The van der Waals surface area contributed by atoms with E-state index in [-0.39, 0.29) is 0 Å². The second-order valence-corrected chi connectivity index (χ2v) is 1.42. The molecule has 9 heavy (non-hydrogen) atoms. The summed E-state index contributed by atoms with van der Waals surface area (Å²) >= 11 is 0. The van der Waals surface area contributed by atoms with Crippen LogP contribution in [0.4, 0.5) is 0 Å². The second-order valence-electron chi connectivity index (χ2n) is 1.42. The average Bonchev–Trinajstić information content (AvgIpc) is 1.88. The third-order valence-corrected chi connectivity index (χ3v) is 0.808. The van der Waals surface area contributed by atoms with E-state index in [1.807, 2.05) is 19.9 Å². The lowest BCUT2D eigenvalue weighted by Gasteiger charge is -1.82. The largest absolute Gasteiger partial charge is 0.240 e. The van der Waals surface area contributed by atoms with Gasteiger partial charge >= 0.3 is 0 Å². The quantitative estimate of drug-likeness (QED) is 0.313. The Bertz CT molecular complexity index is 173. The Kier molecular flexibility index (Phi) is 4.37. The van der Waals surface area contributed by atoms with E-state index in [0.717, 1.165) is 0 Å². The number of rotatable bonds is 2. The topological polar surface area (TPSA) is 29.4 Å². The Labute approximate surface area is 54.6 Å². The van der Waals surface area contributed by atoms with E-state index in [0.29, 0.717) is 5.70 Å². The summed E-state index contributed by atoms with van der Waals surface area (Å²) < 4.78 is 0. The summed E-state index contributed by atoms with van der Waals surface area (Å²) in [5, 5.41) is 0. The molecule has 0 saturated carbocycles. The van der Waals surface area contributed by atoms with E-state index >= 15 is 0 Å². The van der Waals surface area contributed by atoms with Crippen LogP contribution in [0, 0.1) is 0 Å². The molecule has 0 aliphatic rings. The van der Waals surface area contributed by atoms with Crippen molar-refractivity contribution in [1.82, 2.24) is 0 Å². The van der Waals surface area contributed by atoms with Crippen LogP contribution in [0.25, 0.3) is 0 Å². The molecule has 2 heteroatoms. The zero-order valence-electron chi connectivity index (χ0n) is 5.59. The van der Waals surface area contributed by atoms with Crippen LogP contribution in [-0.4, -0.2) is 6.08 Å². The first kappa shape index (κ1) is 7.86. The van der Waals surface area contributed by atoms with Crippen molar-refractivity contribution in [3.63, 3.8) is 0 Å². The normalized spacial score (nSPS) is 11.6. The maximum Gasteiger partial charge on any atom is 0.240 e. The molecule has 0 aromatic heterocycles. The lowest BCUT2D eigenvalue weighted by Crippen LogP contribution is -1.66. The minimum absolute atomic E-state index is 0.646. The summed E-state index contributed by atoms with van der Waals surface area (Å²) in [6.45, 7) is 3.68. The average molecular weight is 123 g/mol. The molecule has 0 N–H and O–H groups in total. The van der Waals surface area contributed by atoms with E-state index in [4.69, 9.17) is 0 Å². The molecule has 48 valence electrons. The van der Waals surface area contributed by atoms with Gasteiger partial charge in [0.2, 0.25) is 6.08 Å². The van der Waals surface area contributed by atoms with Gasteiger partial charge in [-0.05, 0) is 19.9 Å². The number of allylic oxidation sites excluding steroid dienone is 3. The van der Waals surface area contributed by atoms with Crippen LogP contribution in [0.2, 0.25) is 0 Å². The van der Waals surface area contributed by atoms with Crippen LogP contribution < -0.4 is 0 Å². The van der Waals surface area contributed by atoms with Crippen molar-refractivity contribution in [2.75, 3.05) is 0 Å². The van der Waals surface area contributed by atoms with Crippen molar-refractivity contribution in [3.8, 4) is 0 Å². The molecule has 0 spiro atoms. The predicted octanol–water partition coefficient (Wildman–Crippen LogP) is 1.80. The van der Waals surface area contributed by atoms with Gasteiger partial charge in [0, 0.05) is 0 Å². The van der Waals surface area contributed by atoms with Gasteiger partial charge in [0.1, 0.15) is 0 Å². The van der Waals surface area contributed by atoms with E-state index < -0.39 is 0 Å². The number of aliphatic imine (C=N–C) groups is 1. The van der Waals surface area contributed by atoms with Crippen molar-refractivity contribution in [2.45, 2.75) is 13.8 Å². The molecule has 0 aliphatic heterocycles. The predicted molar refractivity (Wildman–Crippen MR) is 36.7 cm³/mol. The van der Waals surface area contributed by atoms with Crippen LogP contribution in [0.1, 0.15) is 13.8 Å². The Balaban J connectivity index is 4.18. The number of hydrogen-bond donors (Lipinski definition) is 0. The molecule has 0 rings (SSSR count). The molecule has 0 heterocycles. The van der Waals surface area contributed by atoms with Gasteiger partial charge in [0.15, 0.2) is 0 Å². The standard InChI is InChI=1S/C7H9NO/c1-3-5-7(4-2)8-6-9/h3-5H,1-2H3/b5-3-,7-4+. The Hall–Kier alpha value is -1.14. The van der Waals surface area contributed by atoms with Crippen LogP contribution >= 0.6 is 0 Å². The smallest absolute Gasteiger partial charge is 0.211 e. The van der Waals surface area contributed by atoms with Crippen molar-refractivity contribution in [2.24, 2.45) is 4.99 Å². The van der Waals surface area contributed by atoms with E-state index in [1.165, 1.54) is 6.08 Å². The monoisotopic (exact) mass is 123 g/mol. The Morgan fingerprint density at radius 3 is 2.56 bits per heavy atom. The highest BCUT2D eigenvalue weighted by molar-refractivity contribution is 5.39. The van der Waals surface area contributed by atoms with Gasteiger partial charge < -0.3 is 0 Å². The van der Waals surface area contributed by atoms with Crippen LogP contribution in [0.3, 0.4) is 0 Å². The van der Waals surface area contributed by atoms with Crippen molar-refractivity contribution < 1.29 is 4.79 Å². The van der Waals surface area contributed by atoms with Gasteiger partial charge in [-0.1, -0.05) is 12.2 Å². The van der Waals surface area contributed by atoms with Gasteiger partial charge in [-0.25, -0.2) is 4.79 Å². The molecule has 0 aromatic carbocycles. The molecule has 0 radical (unpaired) electrons. The van der Waals surface area contributed by atoms with Gasteiger partial charge in [-0.2, -0.15) is 4.99 Å². The lowest BCUT2D eigenvalue weighted by molar-refractivity contribution is 0.565. The third kappa shape index (κ3) is 3.44. The number of isocyanates is 1. The molecular formula is C7H9NO. The van der Waals surface area contributed by atoms with Crippen molar-refractivity contribution in [3.05, 3.63) is 23.9 Å². The summed E-state index contributed by atoms with van der Waals surface area (Å²) in [5.74, 6) is 0. The SMILES string of the molecule is C/C=C\C(=C/C)N=C=O. The second kappa shape index (κ2) is 5.01. The lowest BCUT2D eigenvalue weighted by atomic mass is 10.4. The van der Waals surface area contributed by atoms with Gasteiger partial charge in [-0.3, -0.25) is 0 Å².